The van der Waals surface area contributed by atoms with E-state index >= 15 is 0 Å². The highest BCUT2D eigenvalue weighted by Crippen LogP contribution is 2.15. The molecule has 5 nitrogen and oxygen atoms in total. The van der Waals surface area contributed by atoms with Crippen LogP contribution in [-0.2, 0) is 14.8 Å². The van der Waals surface area contributed by atoms with Crippen LogP contribution in [0.4, 0.5) is 0 Å². The van der Waals surface area contributed by atoms with Crippen LogP contribution in [0, 0.1) is 5.92 Å². The van der Waals surface area contributed by atoms with Crippen molar-refractivity contribution < 1.29 is 13.2 Å². The Labute approximate surface area is 115 Å². The van der Waals surface area contributed by atoms with E-state index in [4.69, 9.17) is 0 Å². The maximum atomic E-state index is 11.8. The van der Waals surface area contributed by atoms with E-state index in [9.17, 15) is 13.2 Å². The fourth-order valence-electron chi connectivity index (χ4n) is 1.24. The second kappa shape index (κ2) is 6.31. The Hall–Kier alpha value is -0.920. The van der Waals surface area contributed by atoms with Crippen molar-refractivity contribution in [3.05, 3.63) is 28.7 Å². The number of halogens is 1. The van der Waals surface area contributed by atoms with E-state index in [1.165, 1.54) is 12.1 Å². The normalized spacial score (nSPS) is 11.6. The molecule has 0 saturated heterocycles. The summed E-state index contributed by atoms with van der Waals surface area (Å²) in [7, 11) is -3.73. The molecule has 1 rings (SSSR count). The molecule has 0 bridgehead atoms. The molecule has 1 aromatic carbocycles. The topological polar surface area (TPSA) is 75.3 Å². The average molecular weight is 335 g/mol. The molecule has 0 radical (unpaired) electrons. The van der Waals surface area contributed by atoms with Crippen LogP contribution in [0.15, 0.2) is 33.6 Å². The van der Waals surface area contributed by atoms with Gasteiger partial charge in [0.15, 0.2) is 0 Å². The molecular formula is C11H15BrN2O3S. The maximum absolute atomic E-state index is 11.8. The fraction of sp³-hybridized carbons (Fsp3) is 0.364. The van der Waals surface area contributed by atoms with E-state index in [-0.39, 0.29) is 23.1 Å². The number of rotatable bonds is 5. The van der Waals surface area contributed by atoms with Crippen LogP contribution in [0.1, 0.15) is 20.3 Å². The summed E-state index contributed by atoms with van der Waals surface area (Å²) in [4.78, 5) is 13.5. The molecule has 7 heteroatoms. The lowest BCUT2D eigenvalue weighted by molar-refractivity contribution is -0.122. The molecule has 18 heavy (non-hydrogen) atoms. The lowest BCUT2D eigenvalue weighted by Crippen LogP contribution is -2.41. The molecule has 0 atom stereocenters. The minimum absolute atomic E-state index is 0.0849. The number of hydrazine groups is 1. The third kappa shape index (κ3) is 4.75. The highest BCUT2D eigenvalue weighted by Gasteiger charge is 2.15. The molecule has 0 spiro atoms. The second-order valence-electron chi connectivity index (χ2n) is 4.21. The Morgan fingerprint density at radius 2 is 2.06 bits per heavy atom. The number of sulfonamides is 1. The summed E-state index contributed by atoms with van der Waals surface area (Å²) < 4.78 is 24.3. The van der Waals surface area contributed by atoms with Gasteiger partial charge in [0.2, 0.25) is 5.91 Å². The first-order chi connectivity index (χ1) is 8.31. The predicted molar refractivity (Wildman–Crippen MR) is 72.1 cm³/mol. The summed E-state index contributed by atoms with van der Waals surface area (Å²) in [6.07, 6.45) is 0.265. The van der Waals surface area contributed by atoms with E-state index in [1.807, 2.05) is 13.8 Å². The smallest absolute Gasteiger partial charge is 0.257 e. The maximum Gasteiger partial charge on any atom is 0.257 e. The lowest BCUT2D eigenvalue weighted by Gasteiger charge is -2.09. The summed E-state index contributed by atoms with van der Waals surface area (Å²) in [6, 6.07) is 6.23. The third-order valence-electron chi connectivity index (χ3n) is 2.02. The van der Waals surface area contributed by atoms with Crippen LogP contribution in [-0.4, -0.2) is 14.3 Å². The van der Waals surface area contributed by atoms with Gasteiger partial charge in [-0.2, -0.15) is 0 Å². The minimum Gasteiger partial charge on any atom is -0.278 e. The number of amides is 1. The molecule has 0 saturated carbocycles. The molecule has 100 valence electrons. The van der Waals surface area contributed by atoms with Crippen molar-refractivity contribution in [3.63, 3.8) is 0 Å². The van der Waals surface area contributed by atoms with Gasteiger partial charge in [-0.15, -0.1) is 4.83 Å². The molecule has 0 fully saturated rings. The Kier molecular flexibility index (Phi) is 5.30. The standard InChI is InChI=1S/C11H15BrN2O3S/c1-8(2)6-11(15)13-14-18(16,17)10-5-3-4-9(12)7-10/h3-5,7-8,14H,6H2,1-2H3,(H,13,15). The highest BCUT2D eigenvalue weighted by molar-refractivity contribution is 9.10. The molecule has 0 aromatic heterocycles. The van der Waals surface area contributed by atoms with Gasteiger partial charge in [-0.05, 0) is 24.1 Å². The summed E-state index contributed by atoms with van der Waals surface area (Å²) in [5, 5.41) is 0. The third-order valence-corrected chi connectivity index (χ3v) is 3.76. The van der Waals surface area contributed by atoms with E-state index < -0.39 is 10.0 Å². The van der Waals surface area contributed by atoms with Gasteiger partial charge in [0.05, 0.1) is 4.90 Å². The van der Waals surface area contributed by atoms with Crippen LogP contribution in [0.2, 0.25) is 0 Å². The number of hydrogen-bond donors (Lipinski definition) is 2. The quantitative estimate of drug-likeness (QED) is 0.806. The summed E-state index contributed by atoms with van der Waals surface area (Å²) in [6.45, 7) is 3.75. The Morgan fingerprint density at radius 3 is 2.61 bits per heavy atom. The highest BCUT2D eigenvalue weighted by atomic mass is 79.9. The van der Waals surface area contributed by atoms with E-state index in [0.29, 0.717) is 4.47 Å². The van der Waals surface area contributed by atoms with Crippen molar-refractivity contribution >= 4 is 31.9 Å². The lowest BCUT2D eigenvalue weighted by atomic mass is 10.1. The zero-order valence-electron chi connectivity index (χ0n) is 10.1. The molecule has 1 amide bonds. The zero-order chi connectivity index (χ0) is 13.8. The van der Waals surface area contributed by atoms with Crippen molar-refractivity contribution in [2.45, 2.75) is 25.2 Å². The molecular weight excluding hydrogens is 320 g/mol. The summed E-state index contributed by atoms with van der Waals surface area (Å²) >= 11 is 3.19. The Balaban J connectivity index is 2.69. The van der Waals surface area contributed by atoms with Crippen molar-refractivity contribution in [2.75, 3.05) is 0 Å². The number of nitrogens with one attached hydrogen (secondary N) is 2. The minimum atomic E-state index is -3.73. The van der Waals surface area contributed by atoms with Crippen LogP contribution in [0.25, 0.3) is 0 Å². The Morgan fingerprint density at radius 1 is 1.39 bits per heavy atom. The van der Waals surface area contributed by atoms with Gasteiger partial charge < -0.3 is 0 Å². The molecule has 0 aliphatic heterocycles. The van der Waals surface area contributed by atoms with Gasteiger partial charge in [0.1, 0.15) is 0 Å². The number of benzene rings is 1. The molecule has 1 aromatic rings. The summed E-state index contributed by atoms with van der Waals surface area (Å²) in [5.41, 5.74) is 2.18. The van der Waals surface area contributed by atoms with Gasteiger partial charge >= 0.3 is 0 Å². The van der Waals surface area contributed by atoms with Gasteiger partial charge in [-0.1, -0.05) is 35.8 Å². The van der Waals surface area contributed by atoms with Crippen LogP contribution < -0.4 is 10.3 Å². The number of carbonyl (C=O) groups excluding carboxylic acids is 1. The Bertz CT molecular complexity index is 529. The van der Waals surface area contributed by atoms with E-state index in [0.717, 1.165) is 0 Å². The van der Waals surface area contributed by atoms with E-state index in [1.54, 1.807) is 12.1 Å². The van der Waals surface area contributed by atoms with Crippen molar-refractivity contribution in [3.8, 4) is 0 Å². The number of hydrogen-bond acceptors (Lipinski definition) is 3. The number of carbonyl (C=O) groups is 1. The molecule has 2 N–H and O–H groups in total. The monoisotopic (exact) mass is 334 g/mol. The van der Waals surface area contributed by atoms with Gasteiger partial charge in [0.25, 0.3) is 10.0 Å². The van der Waals surface area contributed by atoms with E-state index in [2.05, 4.69) is 26.2 Å². The van der Waals surface area contributed by atoms with Gasteiger partial charge in [-0.3, -0.25) is 10.2 Å². The first-order valence-corrected chi connectivity index (χ1v) is 7.65. The SMILES string of the molecule is CC(C)CC(=O)NNS(=O)(=O)c1cccc(Br)c1. The van der Waals surface area contributed by atoms with Gasteiger partial charge in [0, 0.05) is 10.9 Å². The van der Waals surface area contributed by atoms with Crippen molar-refractivity contribution in [2.24, 2.45) is 5.92 Å². The predicted octanol–water partition coefficient (Wildman–Crippen LogP) is 1.80. The average Bonchev–Trinajstić information content (AvgIpc) is 2.26. The largest absolute Gasteiger partial charge is 0.278 e. The molecule has 0 heterocycles. The zero-order valence-corrected chi connectivity index (χ0v) is 12.5. The summed E-state index contributed by atoms with van der Waals surface area (Å²) in [5.74, 6) is -0.191. The first-order valence-electron chi connectivity index (χ1n) is 5.37. The second-order valence-corrected chi connectivity index (χ2v) is 6.81. The van der Waals surface area contributed by atoms with Crippen LogP contribution in [0.5, 0.6) is 0 Å². The fourth-order valence-corrected chi connectivity index (χ4v) is 2.70. The van der Waals surface area contributed by atoms with Crippen molar-refractivity contribution in [1.82, 2.24) is 10.3 Å². The first kappa shape index (κ1) is 15.1. The van der Waals surface area contributed by atoms with Crippen molar-refractivity contribution in [1.29, 1.82) is 0 Å². The molecule has 0 aliphatic carbocycles. The molecule has 0 unspecified atom stereocenters. The van der Waals surface area contributed by atoms with Gasteiger partial charge in [-0.25, -0.2) is 8.42 Å². The van der Waals surface area contributed by atoms with Crippen LogP contribution >= 0.6 is 15.9 Å². The van der Waals surface area contributed by atoms with Crippen LogP contribution in [0.3, 0.4) is 0 Å². The molecule has 0 aliphatic rings.